The van der Waals surface area contributed by atoms with E-state index in [1.165, 1.54) is 31.5 Å². The van der Waals surface area contributed by atoms with Crippen LogP contribution in [0.15, 0.2) is 18.5 Å². The van der Waals surface area contributed by atoms with Crippen molar-refractivity contribution >= 4 is 0 Å². The summed E-state index contributed by atoms with van der Waals surface area (Å²) in [7, 11) is 0. The third-order valence-electron chi connectivity index (χ3n) is 2.94. The van der Waals surface area contributed by atoms with Gasteiger partial charge >= 0.3 is 0 Å². The molecule has 2 heteroatoms. The first-order valence-corrected chi connectivity index (χ1v) is 5.18. The van der Waals surface area contributed by atoms with Crippen LogP contribution in [0.1, 0.15) is 25.3 Å². The van der Waals surface area contributed by atoms with Crippen molar-refractivity contribution in [3.05, 3.63) is 24.0 Å². The van der Waals surface area contributed by atoms with Crippen LogP contribution in [0.2, 0.25) is 0 Å². The molecular formula is C11H18N2. The fourth-order valence-electron chi connectivity index (χ4n) is 1.94. The number of H-pyrrole nitrogens is 1. The lowest BCUT2D eigenvalue weighted by Gasteiger charge is -2.29. The van der Waals surface area contributed by atoms with Crippen molar-refractivity contribution < 1.29 is 0 Å². The second-order valence-corrected chi connectivity index (χ2v) is 4.18. The van der Waals surface area contributed by atoms with Crippen molar-refractivity contribution in [3.63, 3.8) is 0 Å². The highest BCUT2D eigenvalue weighted by atomic mass is 15.1. The molecule has 0 saturated carbocycles. The molecule has 0 spiro atoms. The van der Waals surface area contributed by atoms with Crippen LogP contribution in [-0.2, 0) is 6.54 Å². The number of aromatic amines is 1. The quantitative estimate of drug-likeness (QED) is 0.736. The molecule has 2 nitrogen and oxygen atoms in total. The van der Waals surface area contributed by atoms with Crippen molar-refractivity contribution in [3.8, 4) is 0 Å². The van der Waals surface area contributed by atoms with E-state index >= 15 is 0 Å². The molecule has 1 aliphatic heterocycles. The van der Waals surface area contributed by atoms with E-state index in [2.05, 4.69) is 29.1 Å². The zero-order chi connectivity index (χ0) is 9.10. The molecule has 1 fully saturated rings. The number of hydrogen-bond donors (Lipinski definition) is 1. The van der Waals surface area contributed by atoms with E-state index in [-0.39, 0.29) is 0 Å². The van der Waals surface area contributed by atoms with Gasteiger partial charge in [-0.2, -0.15) is 0 Å². The van der Waals surface area contributed by atoms with Crippen molar-refractivity contribution in [2.75, 3.05) is 13.1 Å². The van der Waals surface area contributed by atoms with E-state index in [0.29, 0.717) is 0 Å². The molecule has 72 valence electrons. The highest BCUT2D eigenvalue weighted by molar-refractivity contribution is 5.07. The molecule has 0 radical (unpaired) electrons. The summed E-state index contributed by atoms with van der Waals surface area (Å²) in [4.78, 5) is 5.65. The Balaban J connectivity index is 1.83. The number of nitrogens with one attached hydrogen (secondary N) is 1. The third-order valence-corrected chi connectivity index (χ3v) is 2.94. The maximum atomic E-state index is 3.10. The van der Waals surface area contributed by atoms with E-state index in [1.54, 1.807) is 0 Å². The summed E-state index contributed by atoms with van der Waals surface area (Å²) in [6.07, 6.45) is 6.83. The normalized spacial score (nSPS) is 20.7. The summed E-state index contributed by atoms with van der Waals surface area (Å²) in [5.74, 6) is 0.933. The summed E-state index contributed by atoms with van der Waals surface area (Å²) in [5.41, 5.74) is 1.41. The first-order valence-electron chi connectivity index (χ1n) is 5.18. The number of piperidine rings is 1. The second-order valence-electron chi connectivity index (χ2n) is 4.18. The van der Waals surface area contributed by atoms with Crippen LogP contribution in [0.4, 0.5) is 0 Å². The molecule has 0 amide bonds. The number of rotatable bonds is 2. The van der Waals surface area contributed by atoms with Crippen LogP contribution in [-0.4, -0.2) is 23.0 Å². The van der Waals surface area contributed by atoms with Gasteiger partial charge in [0.05, 0.1) is 0 Å². The van der Waals surface area contributed by atoms with Gasteiger partial charge < -0.3 is 4.98 Å². The standard InChI is InChI=1S/C11H18N2/c1-10-3-6-13(7-4-10)9-11-2-5-12-8-11/h2,5,8,10,12H,3-4,6-7,9H2,1H3. The first-order chi connectivity index (χ1) is 6.34. The lowest BCUT2D eigenvalue weighted by Crippen LogP contribution is -2.32. The van der Waals surface area contributed by atoms with Gasteiger partial charge in [-0.25, -0.2) is 0 Å². The monoisotopic (exact) mass is 178 g/mol. The van der Waals surface area contributed by atoms with Crippen LogP contribution in [0.3, 0.4) is 0 Å². The number of hydrogen-bond acceptors (Lipinski definition) is 1. The number of likely N-dealkylation sites (tertiary alicyclic amines) is 1. The molecule has 0 atom stereocenters. The van der Waals surface area contributed by atoms with Crippen molar-refractivity contribution in [1.29, 1.82) is 0 Å². The number of aromatic nitrogens is 1. The third kappa shape index (κ3) is 2.34. The molecule has 1 N–H and O–H groups in total. The molecule has 2 rings (SSSR count). The lowest BCUT2D eigenvalue weighted by atomic mass is 9.99. The van der Waals surface area contributed by atoms with Gasteiger partial charge in [0, 0.05) is 18.9 Å². The van der Waals surface area contributed by atoms with Gasteiger partial charge in [0.15, 0.2) is 0 Å². The Morgan fingerprint density at radius 3 is 2.85 bits per heavy atom. The average Bonchev–Trinajstić information content (AvgIpc) is 2.62. The maximum absolute atomic E-state index is 3.10. The fraction of sp³-hybridized carbons (Fsp3) is 0.636. The van der Waals surface area contributed by atoms with Gasteiger partial charge in [-0.15, -0.1) is 0 Å². The molecule has 1 saturated heterocycles. The Bertz CT molecular complexity index is 233. The minimum absolute atomic E-state index is 0.933. The summed E-state index contributed by atoms with van der Waals surface area (Å²) < 4.78 is 0. The second kappa shape index (κ2) is 3.97. The summed E-state index contributed by atoms with van der Waals surface area (Å²) in [6.45, 7) is 6.02. The van der Waals surface area contributed by atoms with E-state index in [0.717, 1.165) is 12.5 Å². The van der Waals surface area contributed by atoms with E-state index < -0.39 is 0 Å². The predicted molar refractivity (Wildman–Crippen MR) is 54.5 cm³/mol. The Morgan fingerprint density at radius 1 is 1.46 bits per heavy atom. The zero-order valence-corrected chi connectivity index (χ0v) is 8.29. The molecule has 1 aliphatic rings. The van der Waals surface area contributed by atoms with Gasteiger partial charge in [0.2, 0.25) is 0 Å². The highest BCUT2D eigenvalue weighted by Crippen LogP contribution is 2.17. The van der Waals surface area contributed by atoms with Gasteiger partial charge in [0.1, 0.15) is 0 Å². The highest BCUT2D eigenvalue weighted by Gasteiger charge is 2.15. The van der Waals surface area contributed by atoms with E-state index in [1.807, 2.05) is 6.20 Å². The van der Waals surface area contributed by atoms with Crippen LogP contribution >= 0.6 is 0 Å². The lowest BCUT2D eigenvalue weighted by molar-refractivity contribution is 0.185. The summed E-state index contributed by atoms with van der Waals surface area (Å²) >= 11 is 0. The molecule has 0 aromatic carbocycles. The maximum Gasteiger partial charge on any atom is 0.0248 e. The van der Waals surface area contributed by atoms with Gasteiger partial charge in [0.25, 0.3) is 0 Å². The van der Waals surface area contributed by atoms with Gasteiger partial charge in [-0.05, 0) is 43.5 Å². The van der Waals surface area contributed by atoms with Crippen LogP contribution in [0.5, 0.6) is 0 Å². The molecule has 1 aromatic heterocycles. The topological polar surface area (TPSA) is 19.0 Å². The number of nitrogens with zero attached hydrogens (tertiary/aromatic N) is 1. The van der Waals surface area contributed by atoms with Crippen molar-refractivity contribution in [2.24, 2.45) is 5.92 Å². The average molecular weight is 178 g/mol. The largest absolute Gasteiger partial charge is 0.367 e. The SMILES string of the molecule is CC1CCN(Cc2cc[nH]c2)CC1. The summed E-state index contributed by atoms with van der Waals surface area (Å²) in [6, 6.07) is 2.16. The zero-order valence-electron chi connectivity index (χ0n) is 8.29. The molecule has 0 unspecified atom stereocenters. The Morgan fingerprint density at radius 2 is 2.23 bits per heavy atom. The van der Waals surface area contributed by atoms with Crippen LogP contribution in [0, 0.1) is 5.92 Å². The fourth-order valence-corrected chi connectivity index (χ4v) is 1.94. The molecular weight excluding hydrogens is 160 g/mol. The van der Waals surface area contributed by atoms with Crippen LogP contribution < -0.4 is 0 Å². The van der Waals surface area contributed by atoms with Gasteiger partial charge in [-0.1, -0.05) is 6.92 Å². The van der Waals surface area contributed by atoms with Crippen LogP contribution in [0.25, 0.3) is 0 Å². The van der Waals surface area contributed by atoms with Gasteiger partial charge in [-0.3, -0.25) is 4.90 Å². The minimum Gasteiger partial charge on any atom is -0.367 e. The summed E-state index contributed by atoms with van der Waals surface area (Å²) in [5, 5.41) is 0. The van der Waals surface area contributed by atoms with Crippen molar-refractivity contribution in [1.82, 2.24) is 9.88 Å². The smallest absolute Gasteiger partial charge is 0.0248 e. The Kier molecular flexibility index (Phi) is 2.69. The molecule has 2 heterocycles. The van der Waals surface area contributed by atoms with Crippen molar-refractivity contribution in [2.45, 2.75) is 26.3 Å². The first kappa shape index (κ1) is 8.82. The molecule has 0 bridgehead atoms. The van der Waals surface area contributed by atoms with E-state index in [9.17, 15) is 0 Å². The molecule has 1 aromatic rings. The molecule has 13 heavy (non-hydrogen) atoms. The Labute approximate surface area is 79.9 Å². The molecule has 0 aliphatic carbocycles. The predicted octanol–water partition coefficient (Wildman–Crippen LogP) is 2.25. The minimum atomic E-state index is 0.933. The van der Waals surface area contributed by atoms with E-state index in [4.69, 9.17) is 0 Å². The Hall–Kier alpha value is -0.760.